The van der Waals surface area contributed by atoms with Crippen molar-refractivity contribution < 1.29 is 9.47 Å². The molecule has 3 aliphatic heterocycles. The van der Waals surface area contributed by atoms with Gasteiger partial charge in [0.2, 0.25) is 0 Å². The molecule has 0 aromatic heterocycles. The van der Waals surface area contributed by atoms with Crippen LogP contribution in [0.1, 0.15) is 5.56 Å². The van der Waals surface area contributed by atoms with Crippen molar-refractivity contribution in [3.05, 3.63) is 35.9 Å². The van der Waals surface area contributed by atoms with Gasteiger partial charge < -0.3 is 9.47 Å². The average molecular weight is 302 g/mol. The Morgan fingerprint density at radius 2 is 1.86 bits per heavy atom. The highest BCUT2D eigenvalue weighted by molar-refractivity contribution is 5.15. The van der Waals surface area contributed by atoms with E-state index in [0.29, 0.717) is 11.3 Å². The topological polar surface area (TPSA) is 24.9 Å². The zero-order chi connectivity index (χ0) is 14.8. The Balaban J connectivity index is 1.42. The van der Waals surface area contributed by atoms with Gasteiger partial charge in [-0.1, -0.05) is 30.3 Å². The zero-order valence-electron chi connectivity index (χ0n) is 13.2. The fourth-order valence-electron chi connectivity index (χ4n) is 4.33. The number of hydrogen-bond acceptors (Lipinski definition) is 4. The molecule has 22 heavy (non-hydrogen) atoms. The van der Waals surface area contributed by atoms with E-state index in [1.807, 2.05) is 0 Å². The molecule has 1 aromatic rings. The summed E-state index contributed by atoms with van der Waals surface area (Å²) in [5.74, 6) is 0.694. The van der Waals surface area contributed by atoms with Crippen LogP contribution in [0.4, 0.5) is 0 Å². The number of nitrogens with zero attached hydrogens (tertiary/aromatic N) is 2. The van der Waals surface area contributed by atoms with Crippen LogP contribution < -0.4 is 0 Å². The molecule has 4 nitrogen and oxygen atoms in total. The fourth-order valence-corrected chi connectivity index (χ4v) is 4.33. The van der Waals surface area contributed by atoms with E-state index in [1.54, 1.807) is 0 Å². The molecule has 3 heterocycles. The van der Waals surface area contributed by atoms with Crippen LogP contribution in [0.25, 0.3) is 0 Å². The summed E-state index contributed by atoms with van der Waals surface area (Å²) in [5, 5.41) is 0. The first-order valence-electron chi connectivity index (χ1n) is 8.48. The molecule has 0 bridgehead atoms. The van der Waals surface area contributed by atoms with Crippen LogP contribution >= 0.6 is 0 Å². The highest BCUT2D eigenvalue weighted by Gasteiger charge is 2.51. The van der Waals surface area contributed by atoms with Gasteiger partial charge in [-0.3, -0.25) is 9.80 Å². The maximum Gasteiger partial charge on any atom is 0.0594 e. The van der Waals surface area contributed by atoms with E-state index in [0.717, 1.165) is 46.1 Å². The van der Waals surface area contributed by atoms with E-state index in [4.69, 9.17) is 9.47 Å². The molecule has 0 aliphatic carbocycles. The van der Waals surface area contributed by atoms with Crippen LogP contribution in [0.5, 0.6) is 0 Å². The first-order chi connectivity index (χ1) is 10.8. The van der Waals surface area contributed by atoms with Crippen molar-refractivity contribution in [1.82, 2.24) is 9.80 Å². The van der Waals surface area contributed by atoms with Gasteiger partial charge in [0, 0.05) is 50.6 Å². The van der Waals surface area contributed by atoms with Gasteiger partial charge in [0.15, 0.2) is 0 Å². The van der Waals surface area contributed by atoms with E-state index in [-0.39, 0.29) is 0 Å². The maximum atomic E-state index is 5.87. The van der Waals surface area contributed by atoms with Gasteiger partial charge in [-0.2, -0.15) is 0 Å². The monoisotopic (exact) mass is 302 g/mol. The van der Waals surface area contributed by atoms with Gasteiger partial charge in [-0.25, -0.2) is 0 Å². The molecule has 0 amide bonds. The van der Waals surface area contributed by atoms with Crippen LogP contribution in [-0.4, -0.2) is 69.0 Å². The molecule has 0 spiro atoms. The Kier molecular flexibility index (Phi) is 4.18. The molecule has 3 saturated heterocycles. The molecule has 4 heteroatoms. The predicted octanol–water partition coefficient (Wildman–Crippen LogP) is 1.47. The lowest BCUT2D eigenvalue weighted by atomic mass is 9.80. The Hall–Kier alpha value is -0.940. The van der Waals surface area contributed by atoms with Gasteiger partial charge in [-0.15, -0.1) is 0 Å². The number of hydrogen-bond donors (Lipinski definition) is 0. The van der Waals surface area contributed by atoms with E-state index in [2.05, 4.69) is 40.1 Å². The molecule has 4 rings (SSSR count). The maximum absolute atomic E-state index is 5.87. The SMILES string of the molecule is c1ccc(CN2C[C@H]3COC[C@@]3(CN3CCOCC3)C2)cc1. The lowest BCUT2D eigenvalue weighted by Gasteiger charge is -2.36. The number of ether oxygens (including phenoxy) is 2. The van der Waals surface area contributed by atoms with Crippen molar-refractivity contribution in [2.24, 2.45) is 11.3 Å². The van der Waals surface area contributed by atoms with Crippen molar-refractivity contribution >= 4 is 0 Å². The minimum atomic E-state index is 0.339. The first kappa shape index (κ1) is 14.6. The zero-order valence-corrected chi connectivity index (χ0v) is 13.2. The molecule has 1 aromatic carbocycles. The van der Waals surface area contributed by atoms with Crippen molar-refractivity contribution in [2.45, 2.75) is 6.54 Å². The van der Waals surface area contributed by atoms with Crippen molar-refractivity contribution in [3.63, 3.8) is 0 Å². The number of morpholine rings is 1. The third-order valence-electron chi connectivity index (χ3n) is 5.48. The predicted molar refractivity (Wildman–Crippen MR) is 85.7 cm³/mol. The first-order valence-corrected chi connectivity index (χ1v) is 8.48. The number of likely N-dealkylation sites (tertiary alicyclic amines) is 1. The van der Waals surface area contributed by atoms with Gasteiger partial charge >= 0.3 is 0 Å². The Morgan fingerprint density at radius 3 is 2.68 bits per heavy atom. The van der Waals surface area contributed by atoms with Gasteiger partial charge in [0.05, 0.1) is 26.4 Å². The largest absolute Gasteiger partial charge is 0.380 e. The third kappa shape index (κ3) is 2.93. The minimum absolute atomic E-state index is 0.339. The smallest absolute Gasteiger partial charge is 0.0594 e. The van der Waals surface area contributed by atoms with Crippen LogP contribution in [0, 0.1) is 11.3 Å². The molecule has 3 fully saturated rings. The number of rotatable bonds is 4. The average Bonchev–Trinajstić information content (AvgIpc) is 3.05. The molecule has 0 saturated carbocycles. The summed E-state index contributed by atoms with van der Waals surface area (Å²) in [4.78, 5) is 5.21. The minimum Gasteiger partial charge on any atom is -0.380 e. The third-order valence-corrected chi connectivity index (χ3v) is 5.48. The quantitative estimate of drug-likeness (QED) is 0.841. The number of fused-ring (bicyclic) bond motifs is 1. The second-order valence-corrected chi connectivity index (χ2v) is 7.12. The summed E-state index contributed by atoms with van der Waals surface area (Å²) in [6, 6.07) is 10.8. The highest BCUT2D eigenvalue weighted by Crippen LogP contribution is 2.42. The van der Waals surface area contributed by atoms with Crippen LogP contribution in [-0.2, 0) is 16.0 Å². The Morgan fingerprint density at radius 1 is 1.05 bits per heavy atom. The standard InChI is InChI=1S/C18H26N2O2/c1-2-4-16(5-3-1)10-20-11-17-12-22-15-18(17,14-20)13-19-6-8-21-9-7-19/h1-5,17H,6-15H2/t17-,18+/m0/s1. The summed E-state index contributed by atoms with van der Waals surface area (Å²) >= 11 is 0. The van der Waals surface area contributed by atoms with Crippen molar-refractivity contribution in [3.8, 4) is 0 Å². The summed E-state index contributed by atoms with van der Waals surface area (Å²) in [6.45, 7) is 10.4. The molecular weight excluding hydrogens is 276 g/mol. The van der Waals surface area contributed by atoms with Crippen LogP contribution in [0.3, 0.4) is 0 Å². The van der Waals surface area contributed by atoms with Crippen molar-refractivity contribution in [2.75, 3.05) is 59.2 Å². The van der Waals surface area contributed by atoms with E-state index >= 15 is 0 Å². The van der Waals surface area contributed by atoms with E-state index in [9.17, 15) is 0 Å². The fraction of sp³-hybridized carbons (Fsp3) is 0.667. The highest BCUT2D eigenvalue weighted by atomic mass is 16.5. The second-order valence-electron chi connectivity index (χ2n) is 7.12. The molecule has 0 N–H and O–H groups in total. The van der Waals surface area contributed by atoms with Gasteiger partial charge in [0.1, 0.15) is 0 Å². The Bertz CT molecular complexity index is 489. The van der Waals surface area contributed by atoms with E-state index in [1.165, 1.54) is 25.2 Å². The Labute approximate surface area is 133 Å². The number of benzene rings is 1. The summed E-state index contributed by atoms with van der Waals surface area (Å²) in [7, 11) is 0. The lowest BCUT2D eigenvalue weighted by molar-refractivity contribution is 0.0102. The molecule has 2 atom stereocenters. The van der Waals surface area contributed by atoms with Gasteiger partial charge in [-0.05, 0) is 5.56 Å². The molecule has 0 unspecified atom stereocenters. The normalized spacial score (nSPS) is 33.2. The lowest BCUT2D eigenvalue weighted by Crippen LogP contribution is -2.47. The molecule has 120 valence electrons. The molecular formula is C18H26N2O2. The molecule has 0 radical (unpaired) electrons. The second kappa shape index (κ2) is 6.28. The summed E-state index contributed by atoms with van der Waals surface area (Å²) in [6.07, 6.45) is 0. The van der Waals surface area contributed by atoms with Gasteiger partial charge in [0.25, 0.3) is 0 Å². The van der Waals surface area contributed by atoms with Crippen LogP contribution in [0.15, 0.2) is 30.3 Å². The van der Waals surface area contributed by atoms with E-state index < -0.39 is 0 Å². The van der Waals surface area contributed by atoms with Crippen molar-refractivity contribution in [1.29, 1.82) is 0 Å². The van der Waals surface area contributed by atoms with Crippen LogP contribution in [0.2, 0.25) is 0 Å². The molecule has 3 aliphatic rings. The summed E-state index contributed by atoms with van der Waals surface area (Å²) in [5.41, 5.74) is 1.76. The summed E-state index contributed by atoms with van der Waals surface area (Å²) < 4.78 is 11.4.